The molecule has 68 heavy (non-hydrogen) atoms. The van der Waals surface area contributed by atoms with Crippen molar-refractivity contribution in [3.8, 4) is 0 Å². The molecule has 0 aliphatic rings. The van der Waals surface area contributed by atoms with Gasteiger partial charge in [-0.1, -0.05) is 243 Å². The van der Waals surface area contributed by atoms with Gasteiger partial charge in [-0.15, -0.1) is 0 Å². The molecule has 6 heteroatoms. The molecule has 0 unspecified atom stereocenters. The molecule has 0 N–H and O–H groups in total. The lowest BCUT2D eigenvalue weighted by Crippen LogP contribution is -2.30. The highest BCUT2D eigenvalue weighted by molar-refractivity contribution is 5.71. The Morgan fingerprint density at radius 1 is 0.294 bits per heavy atom. The van der Waals surface area contributed by atoms with E-state index in [0.29, 0.717) is 19.3 Å². The average Bonchev–Trinajstić information content (AvgIpc) is 3.34. The van der Waals surface area contributed by atoms with Crippen LogP contribution in [0.2, 0.25) is 0 Å². The van der Waals surface area contributed by atoms with Crippen LogP contribution in [0.15, 0.2) is 48.6 Å². The van der Waals surface area contributed by atoms with E-state index in [1.165, 1.54) is 193 Å². The minimum absolute atomic E-state index is 0.0801. The van der Waals surface area contributed by atoms with Crippen molar-refractivity contribution in [2.45, 2.75) is 316 Å². The number of carbonyl (C=O) groups is 3. The summed E-state index contributed by atoms with van der Waals surface area (Å²) < 4.78 is 16.9. The fraction of sp³-hybridized carbons (Fsp3) is 0.823. The maximum Gasteiger partial charge on any atom is 0.306 e. The molecular weight excluding hydrogens is 841 g/mol. The van der Waals surface area contributed by atoms with E-state index in [1.807, 2.05) is 0 Å². The first-order valence-electron chi connectivity index (χ1n) is 29.6. The maximum absolute atomic E-state index is 12.9. The summed E-state index contributed by atoms with van der Waals surface area (Å²) >= 11 is 0. The van der Waals surface area contributed by atoms with E-state index >= 15 is 0 Å². The van der Waals surface area contributed by atoms with Gasteiger partial charge in [-0.3, -0.25) is 14.4 Å². The van der Waals surface area contributed by atoms with E-state index in [9.17, 15) is 14.4 Å². The molecule has 0 heterocycles. The van der Waals surface area contributed by atoms with E-state index < -0.39 is 6.10 Å². The Morgan fingerprint density at radius 2 is 0.544 bits per heavy atom. The summed E-state index contributed by atoms with van der Waals surface area (Å²) in [6, 6.07) is 0. The first-order valence-corrected chi connectivity index (χ1v) is 29.6. The first kappa shape index (κ1) is 65.4. The van der Waals surface area contributed by atoms with E-state index in [1.54, 1.807) is 0 Å². The Labute approximate surface area is 422 Å². The Bertz CT molecular complexity index is 1190. The van der Waals surface area contributed by atoms with E-state index in [2.05, 4.69) is 69.4 Å². The number of esters is 3. The van der Waals surface area contributed by atoms with Crippen LogP contribution < -0.4 is 0 Å². The second-order valence-corrected chi connectivity index (χ2v) is 19.9. The third-order valence-corrected chi connectivity index (χ3v) is 13.0. The quantitative estimate of drug-likeness (QED) is 0.0262. The first-order chi connectivity index (χ1) is 33.5. The minimum atomic E-state index is -0.782. The maximum atomic E-state index is 12.9. The molecule has 0 aromatic carbocycles. The van der Waals surface area contributed by atoms with Crippen molar-refractivity contribution in [1.29, 1.82) is 0 Å². The number of hydrogen-bond acceptors (Lipinski definition) is 6. The highest BCUT2D eigenvalue weighted by Gasteiger charge is 2.19. The molecule has 6 nitrogen and oxygen atoms in total. The van der Waals surface area contributed by atoms with Crippen LogP contribution >= 0.6 is 0 Å². The van der Waals surface area contributed by atoms with Gasteiger partial charge in [0.2, 0.25) is 0 Å². The summed E-state index contributed by atoms with van der Waals surface area (Å²) in [4.78, 5) is 38.2. The van der Waals surface area contributed by atoms with Crippen molar-refractivity contribution < 1.29 is 28.6 Å². The molecule has 0 bridgehead atoms. The van der Waals surface area contributed by atoms with Crippen LogP contribution in [0.5, 0.6) is 0 Å². The molecule has 0 saturated carbocycles. The summed E-state index contributed by atoms with van der Waals surface area (Å²) in [6.07, 6.45) is 69.6. The standard InChI is InChI=1S/C62H112O6/c1-4-7-10-13-16-19-22-25-28-30-31-33-34-37-40-43-46-49-52-55-61(64)67-58-59(57-66-60(63)54-51-48-45-42-39-36-27-24-21-18-15-12-9-6-3)68-62(65)56-53-50-47-44-41-38-35-32-29-26-23-20-17-14-11-8-5-2/h15,18,24,26-27,29-31,59H,4-14,16-17,19-23,25,28,32-58H2,1-3H3/b18-15-,27-24-,29-26-,31-30-/t59-/m1/s1. The van der Waals surface area contributed by atoms with Crippen molar-refractivity contribution in [3.05, 3.63) is 48.6 Å². The van der Waals surface area contributed by atoms with E-state index in [-0.39, 0.29) is 31.1 Å². The average molecular weight is 954 g/mol. The fourth-order valence-corrected chi connectivity index (χ4v) is 8.51. The number of hydrogen-bond donors (Lipinski definition) is 0. The molecule has 0 aromatic rings. The smallest absolute Gasteiger partial charge is 0.306 e. The third kappa shape index (κ3) is 54.3. The monoisotopic (exact) mass is 953 g/mol. The van der Waals surface area contributed by atoms with Gasteiger partial charge in [-0.2, -0.15) is 0 Å². The molecule has 0 aromatic heterocycles. The summed E-state index contributed by atoms with van der Waals surface area (Å²) in [5.74, 6) is -0.889. The fourth-order valence-electron chi connectivity index (χ4n) is 8.51. The Kier molecular flexibility index (Phi) is 54.8. The van der Waals surface area contributed by atoms with Crippen molar-refractivity contribution in [2.75, 3.05) is 13.2 Å². The molecule has 396 valence electrons. The number of unbranched alkanes of at least 4 members (excludes halogenated alkanes) is 35. The molecule has 0 spiro atoms. The molecule has 0 radical (unpaired) electrons. The molecule has 0 fully saturated rings. The zero-order chi connectivity index (χ0) is 49.3. The van der Waals surface area contributed by atoms with Crippen LogP contribution in [0.25, 0.3) is 0 Å². The highest BCUT2D eigenvalue weighted by Crippen LogP contribution is 2.16. The van der Waals surface area contributed by atoms with Gasteiger partial charge in [0.25, 0.3) is 0 Å². The van der Waals surface area contributed by atoms with Gasteiger partial charge in [0, 0.05) is 19.3 Å². The van der Waals surface area contributed by atoms with Crippen LogP contribution in [0.3, 0.4) is 0 Å². The molecule has 0 amide bonds. The number of carbonyl (C=O) groups excluding carboxylic acids is 3. The van der Waals surface area contributed by atoms with Gasteiger partial charge in [-0.25, -0.2) is 0 Å². The van der Waals surface area contributed by atoms with Crippen molar-refractivity contribution in [2.24, 2.45) is 0 Å². The molecule has 0 aliphatic heterocycles. The second-order valence-electron chi connectivity index (χ2n) is 19.9. The summed E-state index contributed by atoms with van der Waals surface area (Å²) in [5, 5.41) is 0. The summed E-state index contributed by atoms with van der Waals surface area (Å²) in [5.41, 5.74) is 0. The Balaban J connectivity index is 4.37. The van der Waals surface area contributed by atoms with Crippen LogP contribution in [0.1, 0.15) is 310 Å². The van der Waals surface area contributed by atoms with E-state index in [0.717, 1.165) is 77.0 Å². The van der Waals surface area contributed by atoms with Crippen LogP contribution in [-0.2, 0) is 28.6 Å². The van der Waals surface area contributed by atoms with Gasteiger partial charge in [0.05, 0.1) is 0 Å². The molecule has 0 saturated heterocycles. The topological polar surface area (TPSA) is 78.9 Å². The summed E-state index contributed by atoms with van der Waals surface area (Å²) in [6.45, 7) is 6.61. The van der Waals surface area contributed by atoms with Gasteiger partial charge in [0.1, 0.15) is 13.2 Å². The SMILES string of the molecule is CCCC/C=C\C/C=C\CCCCCCCC(=O)OC[C@H](COC(=O)CCCCCCCCC/C=C\CCCCCCCCCC)OC(=O)CCCCCCCCC/C=C\CCCCCCCC. The Hall–Kier alpha value is -2.63. The third-order valence-electron chi connectivity index (χ3n) is 13.0. The number of ether oxygens (including phenoxy) is 3. The highest BCUT2D eigenvalue weighted by atomic mass is 16.6. The lowest BCUT2D eigenvalue weighted by molar-refractivity contribution is -0.167. The molecule has 1 atom stereocenters. The Morgan fingerprint density at radius 3 is 0.868 bits per heavy atom. The largest absolute Gasteiger partial charge is 0.462 e. The number of allylic oxidation sites excluding steroid dienone is 8. The summed E-state index contributed by atoms with van der Waals surface area (Å²) in [7, 11) is 0. The second kappa shape index (κ2) is 57.0. The van der Waals surface area contributed by atoms with Gasteiger partial charge < -0.3 is 14.2 Å². The van der Waals surface area contributed by atoms with Gasteiger partial charge in [0.15, 0.2) is 6.10 Å². The molecular formula is C62H112O6. The van der Waals surface area contributed by atoms with Crippen molar-refractivity contribution >= 4 is 17.9 Å². The zero-order valence-corrected chi connectivity index (χ0v) is 45.4. The van der Waals surface area contributed by atoms with Crippen LogP contribution in [0.4, 0.5) is 0 Å². The van der Waals surface area contributed by atoms with Crippen molar-refractivity contribution in [3.63, 3.8) is 0 Å². The lowest BCUT2D eigenvalue weighted by Gasteiger charge is -2.18. The normalized spacial score (nSPS) is 12.3. The van der Waals surface area contributed by atoms with Gasteiger partial charge >= 0.3 is 17.9 Å². The molecule has 0 aliphatic carbocycles. The van der Waals surface area contributed by atoms with Crippen molar-refractivity contribution in [1.82, 2.24) is 0 Å². The lowest BCUT2D eigenvalue weighted by atomic mass is 10.1. The minimum Gasteiger partial charge on any atom is -0.462 e. The van der Waals surface area contributed by atoms with Crippen LogP contribution in [0, 0.1) is 0 Å². The van der Waals surface area contributed by atoms with Gasteiger partial charge in [-0.05, 0) is 96.3 Å². The predicted molar refractivity (Wildman–Crippen MR) is 293 cm³/mol. The van der Waals surface area contributed by atoms with Crippen LogP contribution in [-0.4, -0.2) is 37.2 Å². The number of rotatable bonds is 54. The van der Waals surface area contributed by atoms with E-state index in [4.69, 9.17) is 14.2 Å². The zero-order valence-electron chi connectivity index (χ0n) is 45.4. The predicted octanol–water partition coefficient (Wildman–Crippen LogP) is 19.8. The molecule has 0 rings (SSSR count).